The number of hydrogen-bond acceptors (Lipinski definition) is 3. The number of rotatable bonds is 2. The molecule has 3 N–H and O–H groups in total. The molecule has 1 aromatic rings. The summed E-state index contributed by atoms with van der Waals surface area (Å²) in [6.45, 7) is 3.78. The minimum Gasteiger partial charge on any atom is -0.465 e. The van der Waals surface area contributed by atoms with Crippen LogP contribution in [0.3, 0.4) is 0 Å². The van der Waals surface area contributed by atoms with Crippen molar-refractivity contribution in [2.45, 2.75) is 13.8 Å². The van der Waals surface area contributed by atoms with E-state index in [0.29, 0.717) is 11.3 Å². The minimum atomic E-state index is -0.368. The smallest absolute Gasteiger partial charge is 0.338 e. The van der Waals surface area contributed by atoms with Gasteiger partial charge in [-0.15, -0.1) is 0 Å². The highest BCUT2D eigenvalue weighted by atomic mass is 32.1. The lowest BCUT2D eigenvalue weighted by Crippen LogP contribution is -2.19. The van der Waals surface area contributed by atoms with E-state index in [1.54, 1.807) is 6.07 Å². The maximum atomic E-state index is 11.5. The van der Waals surface area contributed by atoms with Crippen molar-refractivity contribution in [3.8, 4) is 0 Å². The topological polar surface area (TPSA) is 64.3 Å². The highest BCUT2D eigenvalue weighted by Crippen LogP contribution is 2.20. The second-order valence-corrected chi connectivity index (χ2v) is 3.89. The zero-order chi connectivity index (χ0) is 12.3. The van der Waals surface area contributed by atoms with Crippen molar-refractivity contribution < 1.29 is 9.53 Å². The summed E-state index contributed by atoms with van der Waals surface area (Å²) in [4.78, 5) is 11.5. The summed E-state index contributed by atoms with van der Waals surface area (Å²) in [5.41, 5.74) is 8.44. The van der Waals surface area contributed by atoms with Gasteiger partial charge in [-0.3, -0.25) is 0 Å². The van der Waals surface area contributed by atoms with Gasteiger partial charge in [0.15, 0.2) is 5.11 Å². The Hall–Kier alpha value is -1.62. The molecule has 0 aliphatic rings. The standard InChI is InChI=1S/C11H14N2O2S/c1-6-4-8(13-11(12)16)5-9(7(6)2)10(14)15-3/h4-5H,1-3H3,(H3,12,13,16). The molecule has 0 saturated carbocycles. The Labute approximate surface area is 99.8 Å². The Morgan fingerprint density at radius 2 is 2.06 bits per heavy atom. The molecular weight excluding hydrogens is 224 g/mol. The van der Waals surface area contributed by atoms with E-state index in [-0.39, 0.29) is 11.1 Å². The Morgan fingerprint density at radius 1 is 1.44 bits per heavy atom. The lowest BCUT2D eigenvalue weighted by molar-refractivity contribution is 0.0600. The fourth-order valence-corrected chi connectivity index (χ4v) is 1.51. The van der Waals surface area contributed by atoms with Crippen molar-refractivity contribution in [2.24, 2.45) is 5.73 Å². The fraction of sp³-hybridized carbons (Fsp3) is 0.273. The molecule has 0 spiro atoms. The van der Waals surface area contributed by atoms with Crippen LogP contribution in [0.4, 0.5) is 5.69 Å². The normalized spacial score (nSPS) is 9.69. The molecule has 0 bridgehead atoms. The first-order chi connectivity index (χ1) is 7.45. The maximum absolute atomic E-state index is 11.5. The van der Waals surface area contributed by atoms with Gasteiger partial charge in [0, 0.05) is 5.69 Å². The summed E-state index contributed by atoms with van der Waals surface area (Å²) < 4.78 is 4.70. The first kappa shape index (κ1) is 12.4. The number of anilines is 1. The average Bonchev–Trinajstić information content (AvgIpc) is 2.21. The molecular formula is C11H14N2O2S. The molecule has 0 aliphatic carbocycles. The van der Waals surface area contributed by atoms with Gasteiger partial charge in [-0.1, -0.05) is 0 Å². The van der Waals surface area contributed by atoms with Crippen LogP contribution >= 0.6 is 12.2 Å². The molecule has 5 heteroatoms. The van der Waals surface area contributed by atoms with Gasteiger partial charge in [-0.2, -0.15) is 0 Å². The number of carbonyl (C=O) groups is 1. The van der Waals surface area contributed by atoms with Crippen molar-refractivity contribution in [3.63, 3.8) is 0 Å². The van der Waals surface area contributed by atoms with Gasteiger partial charge < -0.3 is 15.8 Å². The van der Waals surface area contributed by atoms with Crippen LogP contribution in [0.5, 0.6) is 0 Å². The van der Waals surface area contributed by atoms with Gasteiger partial charge in [-0.05, 0) is 49.3 Å². The first-order valence-electron chi connectivity index (χ1n) is 4.71. The van der Waals surface area contributed by atoms with Crippen LogP contribution in [-0.2, 0) is 4.74 Å². The van der Waals surface area contributed by atoms with E-state index in [2.05, 4.69) is 5.32 Å². The summed E-state index contributed by atoms with van der Waals surface area (Å²) in [5, 5.41) is 2.96. The van der Waals surface area contributed by atoms with Crippen molar-refractivity contribution in [1.82, 2.24) is 0 Å². The molecule has 0 radical (unpaired) electrons. The van der Waals surface area contributed by atoms with Crippen molar-refractivity contribution in [1.29, 1.82) is 0 Å². The molecule has 1 aromatic carbocycles. The van der Waals surface area contributed by atoms with Gasteiger partial charge in [0.05, 0.1) is 12.7 Å². The van der Waals surface area contributed by atoms with Gasteiger partial charge in [0.2, 0.25) is 0 Å². The number of benzene rings is 1. The first-order valence-corrected chi connectivity index (χ1v) is 5.12. The zero-order valence-corrected chi connectivity index (χ0v) is 10.3. The molecule has 0 amide bonds. The number of hydrogen-bond donors (Lipinski definition) is 2. The second-order valence-electron chi connectivity index (χ2n) is 3.45. The quantitative estimate of drug-likeness (QED) is 0.607. The summed E-state index contributed by atoms with van der Waals surface area (Å²) in [7, 11) is 1.35. The lowest BCUT2D eigenvalue weighted by atomic mass is 10.0. The Kier molecular flexibility index (Phi) is 3.84. The number of methoxy groups -OCH3 is 1. The molecule has 0 aliphatic heterocycles. The van der Waals surface area contributed by atoms with Crippen LogP contribution in [0.15, 0.2) is 12.1 Å². The van der Waals surface area contributed by atoms with Gasteiger partial charge >= 0.3 is 5.97 Å². The molecule has 0 aromatic heterocycles. The molecule has 4 nitrogen and oxygen atoms in total. The molecule has 0 saturated heterocycles. The monoisotopic (exact) mass is 238 g/mol. The van der Waals surface area contributed by atoms with E-state index in [1.165, 1.54) is 7.11 Å². The lowest BCUT2D eigenvalue weighted by Gasteiger charge is -2.11. The second kappa shape index (κ2) is 4.94. The number of nitrogens with one attached hydrogen (secondary N) is 1. The predicted molar refractivity (Wildman–Crippen MR) is 67.7 cm³/mol. The number of esters is 1. The summed E-state index contributed by atoms with van der Waals surface area (Å²) >= 11 is 4.74. The SMILES string of the molecule is COC(=O)c1cc(NC(N)=S)cc(C)c1C. The highest BCUT2D eigenvalue weighted by Gasteiger charge is 2.12. The number of ether oxygens (including phenoxy) is 1. The number of aryl methyl sites for hydroxylation is 1. The average molecular weight is 238 g/mol. The Balaban J connectivity index is 3.21. The van der Waals surface area contributed by atoms with Crippen LogP contribution in [0, 0.1) is 13.8 Å². The third-order valence-corrected chi connectivity index (χ3v) is 2.44. The molecule has 0 atom stereocenters. The molecule has 1 rings (SSSR count). The van der Waals surface area contributed by atoms with E-state index < -0.39 is 0 Å². The van der Waals surface area contributed by atoms with E-state index in [0.717, 1.165) is 11.1 Å². The fourth-order valence-electron chi connectivity index (χ4n) is 1.40. The zero-order valence-electron chi connectivity index (χ0n) is 9.46. The van der Waals surface area contributed by atoms with Crippen LogP contribution in [0.1, 0.15) is 21.5 Å². The van der Waals surface area contributed by atoms with Crippen LogP contribution in [0.2, 0.25) is 0 Å². The maximum Gasteiger partial charge on any atom is 0.338 e. The van der Waals surface area contributed by atoms with Gasteiger partial charge in [0.1, 0.15) is 0 Å². The van der Waals surface area contributed by atoms with Crippen LogP contribution < -0.4 is 11.1 Å². The van der Waals surface area contributed by atoms with Crippen molar-refractivity contribution in [3.05, 3.63) is 28.8 Å². The third kappa shape index (κ3) is 2.70. The van der Waals surface area contributed by atoms with Crippen molar-refractivity contribution >= 4 is 29.0 Å². The van der Waals surface area contributed by atoms with E-state index in [1.807, 2.05) is 19.9 Å². The molecule has 86 valence electrons. The van der Waals surface area contributed by atoms with Gasteiger partial charge in [0.25, 0.3) is 0 Å². The minimum absolute atomic E-state index is 0.166. The Bertz CT molecular complexity index is 444. The number of nitrogens with two attached hydrogens (primary N) is 1. The van der Waals surface area contributed by atoms with Crippen LogP contribution in [0.25, 0.3) is 0 Å². The van der Waals surface area contributed by atoms with Crippen LogP contribution in [-0.4, -0.2) is 18.2 Å². The molecule has 0 fully saturated rings. The van der Waals surface area contributed by atoms with Gasteiger partial charge in [-0.25, -0.2) is 4.79 Å². The number of carbonyl (C=O) groups excluding carboxylic acids is 1. The summed E-state index contributed by atoms with van der Waals surface area (Å²) in [6, 6.07) is 3.55. The highest BCUT2D eigenvalue weighted by molar-refractivity contribution is 7.80. The van der Waals surface area contributed by atoms with E-state index in [4.69, 9.17) is 22.7 Å². The summed E-state index contributed by atoms with van der Waals surface area (Å²) in [6.07, 6.45) is 0. The molecule has 16 heavy (non-hydrogen) atoms. The largest absolute Gasteiger partial charge is 0.465 e. The Morgan fingerprint density at radius 3 is 2.56 bits per heavy atom. The molecule has 0 heterocycles. The number of thiocarbonyl (C=S) groups is 1. The van der Waals surface area contributed by atoms with E-state index in [9.17, 15) is 4.79 Å². The predicted octanol–water partition coefficient (Wildman–Crippen LogP) is 1.75. The van der Waals surface area contributed by atoms with Crippen molar-refractivity contribution in [2.75, 3.05) is 12.4 Å². The summed E-state index contributed by atoms with van der Waals surface area (Å²) in [5.74, 6) is -0.368. The molecule has 0 unspecified atom stereocenters. The third-order valence-electron chi connectivity index (χ3n) is 2.34. The van der Waals surface area contributed by atoms with E-state index >= 15 is 0 Å².